The number of aromatic nitrogens is 1. The SMILES string of the molecule is O=CN[C@@H](CCc1ccccc1)CS(=O)(=O)Nc1ccncc1. The van der Waals surface area contributed by atoms with E-state index in [1.54, 1.807) is 12.1 Å². The van der Waals surface area contributed by atoms with Crippen molar-refractivity contribution in [1.82, 2.24) is 10.3 Å². The van der Waals surface area contributed by atoms with Gasteiger partial charge in [0.25, 0.3) is 0 Å². The lowest BCUT2D eigenvalue weighted by Crippen LogP contribution is -2.37. The first-order chi connectivity index (χ1) is 11.1. The van der Waals surface area contributed by atoms with E-state index in [0.717, 1.165) is 5.56 Å². The molecule has 1 atom stereocenters. The molecule has 0 aliphatic heterocycles. The fourth-order valence-corrected chi connectivity index (χ4v) is 3.57. The molecule has 0 bridgehead atoms. The number of hydrogen-bond donors (Lipinski definition) is 2. The fraction of sp³-hybridized carbons (Fsp3) is 0.250. The molecule has 1 aromatic heterocycles. The van der Waals surface area contributed by atoms with Crippen molar-refractivity contribution in [3.63, 3.8) is 0 Å². The lowest BCUT2D eigenvalue weighted by atomic mass is 10.1. The van der Waals surface area contributed by atoms with Gasteiger partial charge in [-0.05, 0) is 30.5 Å². The van der Waals surface area contributed by atoms with Gasteiger partial charge < -0.3 is 5.32 Å². The lowest BCUT2D eigenvalue weighted by molar-refractivity contribution is -0.110. The van der Waals surface area contributed by atoms with Crippen molar-refractivity contribution in [2.75, 3.05) is 10.5 Å². The van der Waals surface area contributed by atoms with Crippen molar-refractivity contribution in [2.45, 2.75) is 18.9 Å². The molecule has 1 aromatic carbocycles. The average Bonchev–Trinajstić information content (AvgIpc) is 2.54. The molecule has 2 aromatic rings. The Labute approximate surface area is 136 Å². The number of hydrogen-bond acceptors (Lipinski definition) is 4. The summed E-state index contributed by atoms with van der Waals surface area (Å²) in [6, 6.07) is 12.4. The summed E-state index contributed by atoms with van der Waals surface area (Å²) in [5.74, 6) is -0.180. The van der Waals surface area contributed by atoms with E-state index >= 15 is 0 Å². The molecule has 1 heterocycles. The number of nitrogens with zero attached hydrogens (tertiary/aromatic N) is 1. The molecule has 0 saturated carbocycles. The summed E-state index contributed by atoms with van der Waals surface area (Å²) in [6.45, 7) is 0. The van der Waals surface area contributed by atoms with E-state index in [-0.39, 0.29) is 5.75 Å². The largest absolute Gasteiger partial charge is 0.355 e. The van der Waals surface area contributed by atoms with E-state index in [4.69, 9.17) is 0 Å². The molecule has 0 saturated heterocycles. The van der Waals surface area contributed by atoms with E-state index in [1.807, 2.05) is 30.3 Å². The number of carbonyl (C=O) groups excluding carboxylic acids is 1. The number of rotatable bonds is 9. The van der Waals surface area contributed by atoms with Crippen LogP contribution in [0.2, 0.25) is 0 Å². The molecule has 0 unspecified atom stereocenters. The second kappa shape index (κ2) is 8.28. The summed E-state index contributed by atoms with van der Waals surface area (Å²) in [6.07, 6.45) is 4.79. The van der Waals surface area contributed by atoms with Gasteiger partial charge in [0, 0.05) is 18.4 Å². The summed E-state index contributed by atoms with van der Waals surface area (Å²) in [4.78, 5) is 14.6. The number of aryl methyl sites for hydroxylation is 1. The van der Waals surface area contributed by atoms with Crippen LogP contribution in [0.5, 0.6) is 0 Å². The molecule has 7 heteroatoms. The summed E-state index contributed by atoms with van der Waals surface area (Å²) < 4.78 is 26.9. The Kier molecular flexibility index (Phi) is 6.10. The normalized spacial score (nSPS) is 12.3. The summed E-state index contributed by atoms with van der Waals surface area (Å²) in [7, 11) is -3.56. The van der Waals surface area contributed by atoms with Crippen LogP contribution in [-0.2, 0) is 21.2 Å². The number of pyridine rings is 1. The molecule has 0 aliphatic rings. The van der Waals surface area contributed by atoms with Gasteiger partial charge in [-0.2, -0.15) is 0 Å². The van der Waals surface area contributed by atoms with E-state index in [9.17, 15) is 13.2 Å². The third-order valence-corrected chi connectivity index (χ3v) is 4.69. The minimum absolute atomic E-state index is 0.180. The fourth-order valence-electron chi connectivity index (χ4n) is 2.20. The second-order valence-corrected chi connectivity index (χ2v) is 6.89. The van der Waals surface area contributed by atoms with E-state index in [0.29, 0.717) is 24.9 Å². The van der Waals surface area contributed by atoms with Gasteiger partial charge in [-0.3, -0.25) is 14.5 Å². The molecular formula is C16H19N3O3S. The van der Waals surface area contributed by atoms with Crippen LogP contribution in [0, 0.1) is 0 Å². The highest BCUT2D eigenvalue weighted by Gasteiger charge is 2.18. The average molecular weight is 333 g/mol. The van der Waals surface area contributed by atoms with Crippen LogP contribution in [-0.4, -0.2) is 31.6 Å². The van der Waals surface area contributed by atoms with Crippen LogP contribution >= 0.6 is 0 Å². The Balaban J connectivity index is 1.96. The van der Waals surface area contributed by atoms with Crippen LogP contribution in [0.3, 0.4) is 0 Å². The number of anilines is 1. The van der Waals surface area contributed by atoms with Gasteiger partial charge in [0.1, 0.15) is 0 Å². The molecular weight excluding hydrogens is 314 g/mol. The standard InChI is InChI=1S/C16H19N3O3S/c20-13-18-16(7-6-14-4-2-1-3-5-14)12-23(21,22)19-15-8-10-17-11-9-15/h1-5,8-11,13,16H,6-7,12H2,(H,17,19)(H,18,20)/t16-/m0/s1. The monoisotopic (exact) mass is 333 g/mol. The van der Waals surface area contributed by atoms with Crippen molar-refractivity contribution in [3.8, 4) is 0 Å². The van der Waals surface area contributed by atoms with Gasteiger partial charge in [-0.1, -0.05) is 30.3 Å². The van der Waals surface area contributed by atoms with Crippen LogP contribution in [0.4, 0.5) is 5.69 Å². The van der Waals surface area contributed by atoms with Crippen LogP contribution in [0.15, 0.2) is 54.9 Å². The van der Waals surface area contributed by atoms with Gasteiger partial charge >= 0.3 is 0 Å². The number of nitrogens with one attached hydrogen (secondary N) is 2. The first-order valence-corrected chi connectivity index (χ1v) is 8.88. The number of benzene rings is 1. The molecule has 0 aliphatic carbocycles. The van der Waals surface area contributed by atoms with Crippen LogP contribution in [0.1, 0.15) is 12.0 Å². The van der Waals surface area contributed by atoms with Crippen molar-refractivity contribution in [3.05, 3.63) is 60.4 Å². The highest BCUT2D eigenvalue weighted by molar-refractivity contribution is 7.92. The summed E-state index contributed by atoms with van der Waals surface area (Å²) in [5.41, 5.74) is 1.55. The zero-order valence-corrected chi connectivity index (χ0v) is 13.4. The van der Waals surface area contributed by atoms with Crippen LogP contribution in [0.25, 0.3) is 0 Å². The molecule has 122 valence electrons. The topological polar surface area (TPSA) is 88.2 Å². The van der Waals surface area contributed by atoms with Gasteiger partial charge in [0.15, 0.2) is 0 Å². The van der Waals surface area contributed by atoms with Crippen molar-refractivity contribution in [1.29, 1.82) is 0 Å². The molecule has 1 amide bonds. The molecule has 2 N–H and O–H groups in total. The van der Waals surface area contributed by atoms with Crippen molar-refractivity contribution >= 4 is 22.1 Å². The van der Waals surface area contributed by atoms with Crippen molar-refractivity contribution < 1.29 is 13.2 Å². The molecule has 2 rings (SSSR count). The summed E-state index contributed by atoms with van der Waals surface area (Å²) in [5, 5.41) is 2.58. The van der Waals surface area contributed by atoms with Gasteiger partial charge in [0.2, 0.25) is 16.4 Å². The number of carbonyl (C=O) groups is 1. The van der Waals surface area contributed by atoms with Gasteiger partial charge in [-0.15, -0.1) is 0 Å². The van der Waals surface area contributed by atoms with E-state index in [2.05, 4.69) is 15.0 Å². The third-order valence-electron chi connectivity index (χ3n) is 3.30. The Bertz CT molecular complexity index is 706. The minimum Gasteiger partial charge on any atom is -0.355 e. The molecule has 0 spiro atoms. The predicted octanol–water partition coefficient (Wildman–Crippen LogP) is 1.57. The Morgan fingerprint density at radius 3 is 2.43 bits per heavy atom. The third kappa shape index (κ3) is 6.07. The first kappa shape index (κ1) is 17.0. The maximum atomic E-state index is 12.2. The van der Waals surface area contributed by atoms with E-state index < -0.39 is 16.1 Å². The number of amides is 1. The minimum atomic E-state index is -3.56. The lowest BCUT2D eigenvalue weighted by Gasteiger charge is -2.17. The Hall–Kier alpha value is -2.41. The number of sulfonamides is 1. The Morgan fingerprint density at radius 2 is 1.78 bits per heavy atom. The molecule has 0 fully saturated rings. The molecule has 0 radical (unpaired) electrons. The second-order valence-electron chi connectivity index (χ2n) is 5.13. The van der Waals surface area contributed by atoms with Gasteiger partial charge in [-0.25, -0.2) is 8.42 Å². The zero-order chi connectivity index (χ0) is 16.5. The quantitative estimate of drug-likeness (QED) is 0.682. The van der Waals surface area contributed by atoms with Crippen molar-refractivity contribution in [2.24, 2.45) is 0 Å². The van der Waals surface area contributed by atoms with Gasteiger partial charge in [0.05, 0.1) is 11.4 Å². The maximum absolute atomic E-state index is 12.2. The first-order valence-electron chi connectivity index (χ1n) is 7.23. The van der Waals surface area contributed by atoms with Crippen LogP contribution < -0.4 is 10.0 Å². The predicted molar refractivity (Wildman–Crippen MR) is 89.4 cm³/mol. The van der Waals surface area contributed by atoms with E-state index in [1.165, 1.54) is 12.4 Å². The smallest absolute Gasteiger partial charge is 0.234 e. The summed E-state index contributed by atoms with van der Waals surface area (Å²) >= 11 is 0. The molecule has 6 nitrogen and oxygen atoms in total. The Morgan fingerprint density at radius 1 is 1.09 bits per heavy atom. The zero-order valence-electron chi connectivity index (χ0n) is 12.6. The highest BCUT2D eigenvalue weighted by Crippen LogP contribution is 2.10. The highest BCUT2D eigenvalue weighted by atomic mass is 32.2. The molecule has 23 heavy (non-hydrogen) atoms. The maximum Gasteiger partial charge on any atom is 0.234 e.